The summed E-state index contributed by atoms with van der Waals surface area (Å²) in [6, 6.07) is -4.20. The molecule has 0 aromatic carbocycles. The van der Waals surface area contributed by atoms with E-state index >= 15 is 0 Å². The van der Waals surface area contributed by atoms with Crippen molar-refractivity contribution in [2.24, 2.45) is 5.92 Å². The van der Waals surface area contributed by atoms with Gasteiger partial charge in [0.25, 0.3) is 0 Å². The maximum Gasteiger partial charge on any atom is 0.483 e. The Balaban J connectivity index is 1.60. The molecule has 0 saturated carbocycles. The van der Waals surface area contributed by atoms with Crippen LogP contribution in [0, 0.1) is 5.92 Å². The van der Waals surface area contributed by atoms with Crippen molar-refractivity contribution in [2.75, 3.05) is 19.8 Å². The molecule has 2 amide bonds. The minimum absolute atomic E-state index is 0.0668. The van der Waals surface area contributed by atoms with Crippen LogP contribution in [0.3, 0.4) is 0 Å². The van der Waals surface area contributed by atoms with Crippen LogP contribution in [-0.2, 0) is 46.3 Å². The topological polar surface area (TPSA) is 289 Å². The zero-order valence-electron chi connectivity index (χ0n) is 90.3. The van der Waals surface area contributed by atoms with Gasteiger partial charge < -0.3 is 60.2 Å². The van der Waals surface area contributed by atoms with E-state index in [1.165, 1.54) is 124 Å². The second kappa shape index (κ2) is 73.7. The lowest BCUT2D eigenvalue weighted by atomic mass is 9.94. The molecule has 0 aliphatic carbocycles. The zero-order valence-corrected chi connectivity index (χ0v) is 92.0. The number of carbonyl (C=O) groups is 2. The number of phosphoric ester groups is 2. The molecule has 0 spiro atoms. The van der Waals surface area contributed by atoms with Crippen LogP contribution in [0.2, 0.25) is 0 Å². The highest BCUT2D eigenvalue weighted by Gasteiger charge is 2.55. The molecule has 24 heteroatoms. The van der Waals surface area contributed by atoms with Gasteiger partial charge in [-0.1, -0.05) is 228 Å². The minimum atomic E-state index is -5.94. The van der Waals surface area contributed by atoms with E-state index in [1.807, 2.05) is 6.92 Å². The molecular formula is C116H189F3N2O17P2. The third-order valence-electron chi connectivity index (χ3n) is 26.0. The maximum atomic E-state index is 13.6. The van der Waals surface area contributed by atoms with Gasteiger partial charge in [0.1, 0.15) is 48.7 Å². The third kappa shape index (κ3) is 63.9. The number of phosphoric acid groups is 2. The van der Waals surface area contributed by atoms with Gasteiger partial charge in [-0.2, -0.15) is 17.5 Å². The first kappa shape index (κ1) is 130. The molecule has 2 heterocycles. The van der Waals surface area contributed by atoms with Crippen molar-refractivity contribution in [1.29, 1.82) is 0 Å². The van der Waals surface area contributed by atoms with Crippen LogP contribution in [0.1, 0.15) is 403 Å². The summed E-state index contributed by atoms with van der Waals surface area (Å²) in [5.41, 5.74) is 27.8. The average molecular weight is 2000 g/mol. The van der Waals surface area contributed by atoms with Crippen LogP contribution in [0.5, 0.6) is 0 Å². The van der Waals surface area contributed by atoms with E-state index in [4.69, 9.17) is 23.3 Å². The summed E-state index contributed by atoms with van der Waals surface area (Å²) in [6.45, 7) is 45.5. The van der Waals surface area contributed by atoms with Gasteiger partial charge in [0.05, 0.1) is 19.8 Å². The lowest BCUT2D eigenvalue weighted by molar-refractivity contribution is -0.326. The lowest BCUT2D eigenvalue weighted by Crippen LogP contribution is -2.69. The van der Waals surface area contributed by atoms with E-state index in [-0.39, 0.29) is 12.3 Å². The molecule has 3 unspecified atom stereocenters. The Kier molecular flexibility index (Phi) is 68.4. The summed E-state index contributed by atoms with van der Waals surface area (Å²) in [5, 5.41) is 55.9. The second-order valence-electron chi connectivity index (χ2n) is 40.6. The number of amides is 2. The van der Waals surface area contributed by atoms with Gasteiger partial charge >= 0.3 is 27.7 Å². The van der Waals surface area contributed by atoms with Crippen molar-refractivity contribution in [3.63, 3.8) is 0 Å². The van der Waals surface area contributed by atoms with Gasteiger partial charge in [-0.25, -0.2) is 9.13 Å². The number of aliphatic hydroxyl groups is 5. The molecule has 2 fully saturated rings. The quantitative estimate of drug-likeness (QED) is 0.0202. The Hall–Kier alpha value is -6.27. The molecule has 0 bridgehead atoms. The van der Waals surface area contributed by atoms with Crippen LogP contribution in [0.4, 0.5) is 13.2 Å². The van der Waals surface area contributed by atoms with Crippen molar-refractivity contribution in [2.45, 2.75) is 470 Å². The van der Waals surface area contributed by atoms with Crippen LogP contribution in [0.25, 0.3) is 0 Å². The molecule has 796 valence electrons. The molecular weight excluding hydrogens is 1810 g/mol. The van der Waals surface area contributed by atoms with Crippen LogP contribution < -0.4 is 10.6 Å². The number of allylic oxidation sites excluding steroid dienone is 38. The smallest absolute Gasteiger partial charge is 0.394 e. The summed E-state index contributed by atoms with van der Waals surface area (Å²) in [7, 11) is -11.4. The first-order valence-electron chi connectivity index (χ1n) is 52.1. The third-order valence-corrected chi connectivity index (χ3v) is 28.7. The Labute approximate surface area is 845 Å². The molecule has 2 saturated heterocycles. The zero-order chi connectivity index (χ0) is 105. The standard InChI is InChI=1S/C116H189F3N2O17P2/c1-84(2)42-23-43-85(3)44-24-45-86(4)46-25-47-87(5)48-26-49-88(6)50-27-51-89(7)52-28-53-90(8)54-29-55-91(9)56-30-57-92(10)58-31-59-93(11)60-32-61-94(12)62-33-63-95(13)64-34-65-96(14)66-35-67-97(15)68-36-69-98(16)70-37-71-99(17)72-38-73-100(18)74-39-75-101(19)76-40-77-102(20)78-41-79-103(21)80-81-133-139(129,130)138-140(131,132)137-114-108(121-115(128)116(117,118)119)111(127)112(106(83-123)135-114)136-113-107(120-104(22)124)110(126)109(125)105(82-122)134-113/h42,44,46,48,50,52,54,56,58,60,62,64,66,68,70,72,74,76,78,103,105-114,122-123,125-127H,23-41,43,45,47,49,51,53,55,57,59,61,63,65,67,69,71,73,75,77,79-83H2,1-22H3,(H,120,124)(H,121,128)(H,129,130)(H,131,132)/b85-44+,86-46+,87-48+,88-50+,89-52+,90-54+,91-56+,92-58+,93-60+,94-62+,95-64+,96-66+,97-68+,98-70+,99-72+,100-74+,101-76+,102-78+/t103?,105-,106-,107-,108-,109-,110-,111-,112-,113+,114-/m1/s1. The Morgan fingerprint density at radius 1 is 0.329 bits per heavy atom. The number of ether oxygens (including phenoxy) is 3. The van der Waals surface area contributed by atoms with Crippen molar-refractivity contribution in [1.82, 2.24) is 10.6 Å². The highest BCUT2D eigenvalue weighted by Crippen LogP contribution is 2.61. The first-order chi connectivity index (χ1) is 66.1. The first-order valence-corrected chi connectivity index (χ1v) is 55.1. The number of aliphatic hydroxyl groups excluding tert-OH is 5. The number of hydrogen-bond acceptors (Lipinski definition) is 15. The number of nitrogens with one attached hydrogen (secondary N) is 2. The number of rotatable bonds is 71. The maximum absolute atomic E-state index is 13.6. The normalized spacial score (nSPS) is 22.1. The minimum Gasteiger partial charge on any atom is -0.394 e. The Morgan fingerprint density at radius 2 is 0.564 bits per heavy atom. The average Bonchev–Trinajstić information content (AvgIpc) is 0.768. The van der Waals surface area contributed by atoms with Gasteiger partial charge in [-0.3, -0.25) is 18.6 Å². The molecule has 0 aromatic heterocycles. The van der Waals surface area contributed by atoms with Crippen molar-refractivity contribution in [3.8, 4) is 0 Å². The van der Waals surface area contributed by atoms with Crippen molar-refractivity contribution < 1.29 is 94.8 Å². The fraction of sp³-hybridized carbons (Fsp3) is 0.655. The molecule has 9 N–H and O–H groups in total. The number of halogens is 3. The second-order valence-corrected chi connectivity index (χ2v) is 43.6. The monoisotopic (exact) mass is 2000 g/mol. The number of carbonyl (C=O) groups excluding carboxylic acids is 2. The van der Waals surface area contributed by atoms with Gasteiger partial charge in [-0.15, -0.1) is 0 Å². The number of hydrogen-bond donors (Lipinski definition) is 9. The molecule has 13 atom stereocenters. The van der Waals surface area contributed by atoms with E-state index in [0.717, 1.165) is 225 Å². The molecule has 2 rings (SSSR count). The van der Waals surface area contributed by atoms with Crippen LogP contribution in [0.15, 0.2) is 221 Å². The molecule has 0 aromatic rings. The number of alkyl halides is 3. The predicted octanol–water partition coefficient (Wildman–Crippen LogP) is 30.5. The summed E-state index contributed by atoms with van der Waals surface area (Å²) in [5.74, 6) is -3.60. The molecule has 140 heavy (non-hydrogen) atoms. The highest BCUT2D eigenvalue weighted by atomic mass is 31.3. The SMILES string of the molecule is CC(=O)N[C@H]1[C@H](O[C@H]2[C@H](O)[C@@H](NC(=O)C(F)(F)F)[C@@H](OP(=O)(O)OP(=O)(O)OCCC(C)CC/C=C(\C)CC/C=C(\C)CC/C=C(\C)CC/C=C(\C)CC/C=C(\C)CC/C=C(\C)CC/C=C(\C)CC/C=C(\C)CC/C=C(\C)CC/C=C(\C)CC/C=C(\C)CC/C=C(\C)CC/C=C(\C)CC/C=C(\C)CC/C=C(\C)CC/C=C(\C)CC/C=C(\C)CC/C=C(\C)CCC=C(C)C)O[C@@H]2CO)O[C@H](CO)[C@@H](O)[C@@H]1O. The van der Waals surface area contributed by atoms with E-state index in [1.54, 1.807) is 0 Å². The summed E-state index contributed by atoms with van der Waals surface area (Å²) in [4.78, 5) is 45.2. The van der Waals surface area contributed by atoms with Gasteiger partial charge in [-0.05, 0) is 395 Å². The van der Waals surface area contributed by atoms with Gasteiger partial charge in [0, 0.05) is 6.92 Å². The highest BCUT2D eigenvalue weighted by molar-refractivity contribution is 7.61. The Morgan fingerprint density at radius 3 is 0.800 bits per heavy atom. The summed E-state index contributed by atoms with van der Waals surface area (Å²) < 4.78 is 97.4. The largest absolute Gasteiger partial charge is 0.483 e. The molecule has 19 nitrogen and oxygen atoms in total. The Bertz CT molecular complexity index is 4400. The van der Waals surface area contributed by atoms with E-state index < -0.39 is 115 Å². The molecule has 2 aliphatic heterocycles. The van der Waals surface area contributed by atoms with Crippen LogP contribution >= 0.6 is 15.6 Å². The van der Waals surface area contributed by atoms with Crippen LogP contribution in [-0.4, -0.2) is 134 Å². The van der Waals surface area contributed by atoms with E-state index in [2.05, 4.69) is 264 Å². The van der Waals surface area contributed by atoms with Crippen molar-refractivity contribution in [3.05, 3.63) is 221 Å². The molecule has 0 radical (unpaired) electrons. The fourth-order valence-electron chi connectivity index (χ4n) is 16.6. The van der Waals surface area contributed by atoms with E-state index in [0.29, 0.717) is 12.8 Å². The van der Waals surface area contributed by atoms with Crippen molar-refractivity contribution >= 4 is 27.5 Å². The fourth-order valence-corrected chi connectivity index (χ4v) is 18.8. The summed E-state index contributed by atoms with van der Waals surface area (Å²) >= 11 is 0. The lowest BCUT2D eigenvalue weighted by Gasteiger charge is -2.48. The predicted molar refractivity (Wildman–Crippen MR) is 574 cm³/mol. The van der Waals surface area contributed by atoms with Gasteiger partial charge in [0.2, 0.25) is 5.91 Å². The van der Waals surface area contributed by atoms with E-state index in [9.17, 15) is 67.2 Å². The van der Waals surface area contributed by atoms with Gasteiger partial charge in [0.15, 0.2) is 12.6 Å². The summed E-state index contributed by atoms with van der Waals surface area (Å²) in [6.07, 6.45) is 65.0. The molecule has 2 aliphatic rings.